The van der Waals surface area contributed by atoms with Gasteiger partial charge in [-0.15, -0.1) is 0 Å². The average Bonchev–Trinajstić information content (AvgIpc) is 3.31. The van der Waals surface area contributed by atoms with E-state index in [1.165, 1.54) is 0 Å². The molecule has 5 rings (SSSR count). The predicted molar refractivity (Wildman–Crippen MR) is 127 cm³/mol. The molecule has 1 N–H and O–H groups in total. The Morgan fingerprint density at radius 2 is 1.10 bits per heavy atom. The third-order valence-corrected chi connectivity index (χ3v) is 5.46. The van der Waals surface area contributed by atoms with Crippen LogP contribution in [-0.2, 0) is 0 Å². The van der Waals surface area contributed by atoms with Crippen LogP contribution in [0.2, 0.25) is 0 Å². The fraction of sp³-hybridized carbons (Fsp3) is 0. The van der Waals surface area contributed by atoms with Crippen molar-refractivity contribution in [2.75, 3.05) is 0 Å². The van der Waals surface area contributed by atoms with Gasteiger partial charge in [0.05, 0.1) is 5.69 Å². The molecule has 4 aromatic carbocycles. The molecule has 0 amide bonds. The zero-order chi connectivity index (χ0) is 21.0. The molecule has 0 aliphatic carbocycles. The molecule has 0 aliphatic heterocycles. The SMILES string of the molecule is O=C(c1ccccc1)c1ccccc1-c1cc(-c2ccccc2)c(-c2ccccc2)[nH]1. The van der Waals surface area contributed by atoms with Crippen molar-refractivity contribution in [1.82, 2.24) is 4.98 Å². The predicted octanol–water partition coefficient (Wildman–Crippen LogP) is 7.25. The van der Waals surface area contributed by atoms with Crippen LogP contribution >= 0.6 is 0 Å². The second-order valence-corrected chi connectivity index (χ2v) is 7.44. The van der Waals surface area contributed by atoms with E-state index in [1.54, 1.807) is 0 Å². The molecule has 1 heterocycles. The average molecular weight is 399 g/mol. The van der Waals surface area contributed by atoms with Gasteiger partial charge in [-0.25, -0.2) is 0 Å². The van der Waals surface area contributed by atoms with Crippen molar-refractivity contribution in [3.05, 3.63) is 132 Å². The number of hydrogen-bond acceptors (Lipinski definition) is 1. The summed E-state index contributed by atoms with van der Waals surface area (Å²) in [4.78, 5) is 16.9. The summed E-state index contributed by atoms with van der Waals surface area (Å²) in [6.45, 7) is 0. The van der Waals surface area contributed by atoms with Crippen molar-refractivity contribution in [1.29, 1.82) is 0 Å². The molecule has 0 radical (unpaired) electrons. The summed E-state index contributed by atoms with van der Waals surface area (Å²) in [5.74, 6) is 0.0216. The van der Waals surface area contributed by atoms with Crippen LogP contribution < -0.4 is 0 Å². The van der Waals surface area contributed by atoms with Gasteiger partial charge < -0.3 is 4.98 Å². The van der Waals surface area contributed by atoms with Crippen molar-refractivity contribution in [2.24, 2.45) is 0 Å². The molecule has 0 atom stereocenters. The van der Waals surface area contributed by atoms with Crippen LogP contribution in [0.1, 0.15) is 15.9 Å². The Labute approximate surface area is 181 Å². The molecule has 0 bridgehead atoms. The Balaban J connectivity index is 1.68. The Morgan fingerprint density at radius 1 is 0.548 bits per heavy atom. The van der Waals surface area contributed by atoms with E-state index >= 15 is 0 Å². The lowest BCUT2D eigenvalue weighted by atomic mass is 9.96. The number of benzene rings is 4. The van der Waals surface area contributed by atoms with Crippen LogP contribution in [0.4, 0.5) is 0 Å². The smallest absolute Gasteiger partial charge is 0.193 e. The summed E-state index contributed by atoms with van der Waals surface area (Å²) in [6.07, 6.45) is 0. The quantitative estimate of drug-likeness (QED) is 0.310. The maximum atomic E-state index is 13.3. The first-order chi connectivity index (χ1) is 15.3. The molecule has 0 saturated heterocycles. The second kappa shape index (κ2) is 8.29. The highest BCUT2D eigenvalue weighted by Gasteiger charge is 2.18. The number of aromatic amines is 1. The van der Waals surface area contributed by atoms with Gasteiger partial charge in [0.1, 0.15) is 0 Å². The Hall–Kier alpha value is -4.17. The van der Waals surface area contributed by atoms with E-state index < -0.39 is 0 Å². The summed E-state index contributed by atoms with van der Waals surface area (Å²) < 4.78 is 0. The molecule has 31 heavy (non-hydrogen) atoms. The third kappa shape index (κ3) is 3.72. The third-order valence-electron chi connectivity index (χ3n) is 5.46. The molecule has 0 aliphatic rings. The molecule has 0 saturated carbocycles. The van der Waals surface area contributed by atoms with Crippen LogP contribution in [0.3, 0.4) is 0 Å². The van der Waals surface area contributed by atoms with Gasteiger partial charge in [-0.1, -0.05) is 115 Å². The maximum absolute atomic E-state index is 13.3. The lowest BCUT2D eigenvalue weighted by molar-refractivity contribution is 0.103. The Morgan fingerprint density at radius 3 is 1.77 bits per heavy atom. The van der Waals surface area contributed by atoms with Crippen molar-refractivity contribution in [3.63, 3.8) is 0 Å². The molecule has 2 nitrogen and oxygen atoms in total. The second-order valence-electron chi connectivity index (χ2n) is 7.44. The molecule has 0 fully saturated rings. The minimum absolute atomic E-state index is 0.0216. The van der Waals surface area contributed by atoms with E-state index in [4.69, 9.17) is 0 Å². The largest absolute Gasteiger partial charge is 0.354 e. The van der Waals surface area contributed by atoms with Crippen molar-refractivity contribution in [3.8, 4) is 33.6 Å². The van der Waals surface area contributed by atoms with Gasteiger partial charge >= 0.3 is 0 Å². The normalized spacial score (nSPS) is 10.7. The number of carbonyl (C=O) groups is 1. The summed E-state index contributed by atoms with van der Waals surface area (Å²) in [6, 6.07) is 40.0. The molecular weight excluding hydrogens is 378 g/mol. The molecule has 0 spiro atoms. The fourth-order valence-corrected chi connectivity index (χ4v) is 3.94. The van der Waals surface area contributed by atoms with Crippen LogP contribution in [-0.4, -0.2) is 10.8 Å². The topological polar surface area (TPSA) is 32.9 Å². The van der Waals surface area contributed by atoms with Crippen molar-refractivity contribution >= 4 is 5.78 Å². The summed E-state index contributed by atoms with van der Waals surface area (Å²) in [5, 5.41) is 0. The molecule has 5 aromatic rings. The lowest BCUT2D eigenvalue weighted by Gasteiger charge is -2.08. The first-order valence-electron chi connectivity index (χ1n) is 10.3. The Kier molecular flexibility index (Phi) is 5.04. The maximum Gasteiger partial charge on any atom is 0.193 e. The van der Waals surface area contributed by atoms with Crippen LogP contribution in [0.15, 0.2) is 121 Å². The van der Waals surface area contributed by atoms with Gasteiger partial charge in [0.15, 0.2) is 5.78 Å². The van der Waals surface area contributed by atoms with Crippen molar-refractivity contribution < 1.29 is 4.79 Å². The number of nitrogens with one attached hydrogen (secondary N) is 1. The van der Waals surface area contributed by atoms with Gasteiger partial charge in [-0.3, -0.25) is 4.79 Å². The summed E-state index contributed by atoms with van der Waals surface area (Å²) >= 11 is 0. The molecule has 0 unspecified atom stereocenters. The van der Waals surface area contributed by atoms with Gasteiger partial charge in [-0.05, 0) is 17.2 Å². The van der Waals surface area contributed by atoms with Gasteiger partial charge in [0.2, 0.25) is 0 Å². The van der Waals surface area contributed by atoms with E-state index in [9.17, 15) is 4.79 Å². The van der Waals surface area contributed by atoms with Crippen LogP contribution in [0.5, 0.6) is 0 Å². The van der Waals surface area contributed by atoms with E-state index in [-0.39, 0.29) is 5.78 Å². The fourth-order valence-electron chi connectivity index (χ4n) is 3.94. The molecule has 2 heteroatoms. The molecule has 1 aromatic heterocycles. The highest BCUT2D eigenvalue weighted by molar-refractivity contribution is 6.12. The number of H-pyrrole nitrogens is 1. The first kappa shape index (κ1) is 18.8. The monoisotopic (exact) mass is 399 g/mol. The minimum Gasteiger partial charge on any atom is -0.354 e. The number of aromatic nitrogens is 1. The van der Waals surface area contributed by atoms with Crippen LogP contribution in [0.25, 0.3) is 33.6 Å². The zero-order valence-corrected chi connectivity index (χ0v) is 17.0. The van der Waals surface area contributed by atoms with Crippen molar-refractivity contribution in [2.45, 2.75) is 0 Å². The summed E-state index contributed by atoms with van der Waals surface area (Å²) in [5.41, 5.74) is 7.61. The van der Waals surface area contributed by atoms with E-state index in [0.29, 0.717) is 11.1 Å². The lowest BCUT2D eigenvalue weighted by Crippen LogP contribution is -2.03. The highest BCUT2D eigenvalue weighted by Crippen LogP contribution is 2.37. The minimum atomic E-state index is 0.0216. The van der Waals surface area contributed by atoms with E-state index in [0.717, 1.165) is 33.6 Å². The first-order valence-corrected chi connectivity index (χ1v) is 10.3. The summed E-state index contributed by atoms with van der Waals surface area (Å²) in [7, 11) is 0. The molecule has 148 valence electrons. The highest BCUT2D eigenvalue weighted by atomic mass is 16.1. The molecular formula is C29H21NO. The van der Waals surface area contributed by atoms with Gasteiger partial charge in [-0.2, -0.15) is 0 Å². The van der Waals surface area contributed by atoms with E-state index in [2.05, 4.69) is 35.3 Å². The van der Waals surface area contributed by atoms with E-state index in [1.807, 2.05) is 91.0 Å². The van der Waals surface area contributed by atoms with Gasteiger partial charge in [0, 0.05) is 27.9 Å². The zero-order valence-electron chi connectivity index (χ0n) is 17.0. The number of rotatable bonds is 5. The Bertz CT molecular complexity index is 1260. The number of hydrogen-bond donors (Lipinski definition) is 1. The van der Waals surface area contributed by atoms with Gasteiger partial charge in [0.25, 0.3) is 0 Å². The standard InChI is InChI=1S/C29H21NO/c31-29(23-16-8-3-9-17-23)25-19-11-10-18-24(25)27-20-26(21-12-4-1-5-13-21)28(30-27)22-14-6-2-7-15-22/h1-20,30H. The number of carbonyl (C=O) groups excluding carboxylic acids is 1. The number of ketones is 1. The van der Waals surface area contributed by atoms with Crippen LogP contribution in [0, 0.1) is 0 Å².